The maximum Gasteiger partial charge on any atom is 0.246 e. The third kappa shape index (κ3) is 2.74. The van der Waals surface area contributed by atoms with Crippen LogP contribution >= 0.6 is 0 Å². The van der Waals surface area contributed by atoms with Crippen LogP contribution in [0, 0.1) is 23.7 Å². The van der Waals surface area contributed by atoms with Gasteiger partial charge in [-0.05, 0) is 62.7 Å². The molecule has 4 aliphatic carbocycles. The van der Waals surface area contributed by atoms with Gasteiger partial charge in [-0.1, -0.05) is 0 Å². The summed E-state index contributed by atoms with van der Waals surface area (Å²) in [6, 6.07) is 0.718. The average molecular weight is 379 g/mol. The minimum absolute atomic E-state index is 0.336. The van der Waals surface area contributed by atoms with Gasteiger partial charge in [0.15, 0.2) is 0 Å². The maximum atomic E-state index is 12.9. The lowest BCUT2D eigenvalue weighted by Crippen LogP contribution is -2.60. The molecule has 0 spiro atoms. The Bertz CT molecular complexity index is 738. The number of hydrogen-bond donors (Lipinski definition) is 0. The SMILES string of the molecule is CCn1cc(S(=O)(=O)N2CCN(C3C4CC5CC(C4)CC3C5)CC2)cn1. The number of aromatic nitrogens is 2. The molecule has 5 aliphatic rings. The standard InChI is InChI=1S/C19H30N4O2S/c1-2-22-13-18(12-20-22)26(24,25)23-5-3-21(4-6-23)19-16-8-14-7-15(10-16)11-17(19)9-14/h12-17,19H,2-11H2,1H3. The van der Waals surface area contributed by atoms with Gasteiger partial charge in [-0.25, -0.2) is 8.42 Å². The molecule has 0 unspecified atom stereocenters. The Morgan fingerprint density at radius 3 is 2.15 bits per heavy atom. The van der Waals surface area contributed by atoms with Crippen molar-refractivity contribution in [2.45, 2.75) is 56.5 Å². The van der Waals surface area contributed by atoms with Crippen LogP contribution in [0.25, 0.3) is 0 Å². The van der Waals surface area contributed by atoms with Crippen LogP contribution < -0.4 is 0 Å². The third-order valence-electron chi connectivity index (χ3n) is 7.44. The molecule has 7 heteroatoms. The summed E-state index contributed by atoms with van der Waals surface area (Å²) in [5, 5.41) is 4.13. The molecule has 1 aromatic rings. The zero-order chi connectivity index (χ0) is 17.9. The Hall–Kier alpha value is -0.920. The fraction of sp³-hybridized carbons (Fsp3) is 0.842. The van der Waals surface area contributed by atoms with Crippen molar-refractivity contribution in [3.63, 3.8) is 0 Å². The first-order valence-corrected chi connectivity index (χ1v) is 11.7. The lowest BCUT2D eigenvalue weighted by atomic mass is 9.54. The van der Waals surface area contributed by atoms with E-state index >= 15 is 0 Å². The van der Waals surface area contributed by atoms with Crippen LogP contribution in [0.4, 0.5) is 0 Å². The highest BCUT2D eigenvalue weighted by atomic mass is 32.2. The predicted molar refractivity (Wildman–Crippen MR) is 99.1 cm³/mol. The number of piperazine rings is 1. The number of hydrogen-bond acceptors (Lipinski definition) is 4. The fourth-order valence-electron chi connectivity index (χ4n) is 6.53. The molecule has 2 heterocycles. The van der Waals surface area contributed by atoms with Crippen molar-refractivity contribution in [3.8, 4) is 0 Å². The van der Waals surface area contributed by atoms with E-state index in [0.29, 0.717) is 24.5 Å². The molecule has 4 bridgehead atoms. The van der Waals surface area contributed by atoms with Crippen LogP contribution in [0.1, 0.15) is 39.0 Å². The number of sulfonamides is 1. The van der Waals surface area contributed by atoms with Gasteiger partial charge in [0.25, 0.3) is 0 Å². The second-order valence-corrected chi connectivity index (χ2v) is 10.8. The highest BCUT2D eigenvalue weighted by molar-refractivity contribution is 7.89. The van der Waals surface area contributed by atoms with Crippen molar-refractivity contribution in [1.82, 2.24) is 19.0 Å². The molecule has 1 aromatic heterocycles. The Labute approximate surface area is 156 Å². The molecule has 144 valence electrons. The third-order valence-corrected chi connectivity index (χ3v) is 9.29. The van der Waals surface area contributed by atoms with Crippen molar-refractivity contribution < 1.29 is 8.42 Å². The van der Waals surface area contributed by atoms with E-state index in [0.717, 1.165) is 42.8 Å². The normalized spacial score (nSPS) is 38.1. The van der Waals surface area contributed by atoms with E-state index < -0.39 is 10.0 Å². The summed E-state index contributed by atoms with van der Waals surface area (Å²) in [4.78, 5) is 2.97. The Morgan fingerprint density at radius 2 is 1.62 bits per heavy atom. The topological polar surface area (TPSA) is 58.4 Å². The van der Waals surface area contributed by atoms with E-state index in [-0.39, 0.29) is 0 Å². The van der Waals surface area contributed by atoms with Crippen LogP contribution in [-0.2, 0) is 16.6 Å². The van der Waals surface area contributed by atoms with E-state index in [2.05, 4.69) is 10.00 Å². The largest absolute Gasteiger partial charge is 0.297 e. The zero-order valence-corrected chi connectivity index (χ0v) is 16.4. The molecule has 0 N–H and O–H groups in total. The molecular formula is C19H30N4O2S. The molecule has 0 radical (unpaired) electrons. The fourth-order valence-corrected chi connectivity index (χ4v) is 7.91. The molecule has 0 atom stereocenters. The highest BCUT2D eigenvalue weighted by Gasteiger charge is 2.50. The van der Waals surface area contributed by atoms with Gasteiger partial charge < -0.3 is 0 Å². The Kier molecular flexibility index (Phi) is 4.17. The van der Waals surface area contributed by atoms with Crippen molar-refractivity contribution >= 4 is 10.0 Å². The minimum Gasteiger partial charge on any atom is -0.297 e. The van der Waals surface area contributed by atoms with E-state index in [1.165, 1.54) is 38.3 Å². The quantitative estimate of drug-likeness (QED) is 0.804. The maximum absolute atomic E-state index is 12.9. The monoisotopic (exact) mass is 378 g/mol. The molecule has 4 saturated carbocycles. The number of nitrogens with zero attached hydrogens (tertiary/aromatic N) is 4. The van der Waals surface area contributed by atoms with Crippen LogP contribution in [-0.4, -0.2) is 59.6 Å². The summed E-state index contributed by atoms with van der Waals surface area (Å²) >= 11 is 0. The van der Waals surface area contributed by atoms with Gasteiger partial charge in [-0.15, -0.1) is 0 Å². The second kappa shape index (κ2) is 6.31. The van der Waals surface area contributed by atoms with Gasteiger partial charge in [0.05, 0.1) is 6.20 Å². The zero-order valence-electron chi connectivity index (χ0n) is 15.6. The average Bonchev–Trinajstić information content (AvgIpc) is 3.11. The summed E-state index contributed by atoms with van der Waals surface area (Å²) < 4.78 is 29.1. The molecule has 1 aliphatic heterocycles. The second-order valence-electron chi connectivity index (χ2n) is 8.89. The molecule has 0 amide bonds. The van der Waals surface area contributed by atoms with Crippen LogP contribution in [0.5, 0.6) is 0 Å². The van der Waals surface area contributed by atoms with Gasteiger partial charge in [0, 0.05) is 45.0 Å². The van der Waals surface area contributed by atoms with E-state index in [1.807, 2.05) is 6.92 Å². The van der Waals surface area contributed by atoms with Gasteiger partial charge in [0.2, 0.25) is 10.0 Å². The molecule has 1 saturated heterocycles. The van der Waals surface area contributed by atoms with Gasteiger partial charge in [-0.2, -0.15) is 9.40 Å². The Morgan fingerprint density at radius 1 is 1.00 bits per heavy atom. The molecular weight excluding hydrogens is 348 g/mol. The van der Waals surface area contributed by atoms with E-state index in [9.17, 15) is 8.42 Å². The first kappa shape index (κ1) is 17.2. The summed E-state index contributed by atoms with van der Waals surface area (Å²) in [6.07, 6.45) is 10.3. The van der Waals surface area contributed by atoms with Crippen molar-refractivity contribution in [2.75, 3.05) is 26.2 Å². The Balaban J connectivity index is 1.26. The first-order chi connectivity index (χ1) is 12.5. The van der Waals surface area contributed by atoms with E-state index in [1.54, 1.807) is 15.2 Å². The first-order valence-electron chi connectivity index (χ1n) is 10.3. The number of aryl methyl sites for hydroxylation is 1. The van der Waals surface area contributed by atoms with Crippen molar-refractivity contribution in [2.24, 2.45) is 23.7 Å². The van der Waals surface area contributed by atoms with Gasteiger partial charge in [0.1, 0.15) is 4.90 Å². The highest BCUT2D eigenvalue weighted by Crippen LogP contribution is 2.55. The van der Waals surface area contributed by atoms with Gasteiger partial charge in [-0.3, -0.25) is 9.58 Å². The van der Waals surface area contributed by atoms with Gasteiger partial charge >= 0.3 is 0 Å². The summed E-state index contributed by atoms with van der Waals surface area (Å²) in [5.74, 6) is 3.73. The molecule has 5 fully saturated rings. The lowest BCUT2D eigenvalue weighted by molar-refractivity contribution is -0.0720. The van der Waals surface area contributed by atoms with E-state index in [4.69, 9.17) is 0 Å². The van der Waals surface area contributed by atoms with Crippen molar-refractivity contribution in [3.05, 3.63) is 12.4 Å². The van der Waals surface area contributed by atoms with Crippen LogP contribution in [0.2, 0.25) is 0 Å². The minimum atomic E-state index is -3.40. The van der Waals surface area contributed by atoms with Crippen LogP contribution in [0.15, 0.2) is 17.3 Å². The molecule has 26 heavy (non-hydrogen) atoms. The molecule has 0 aromatic carbocycles. The predicted octanol–water partition coefficient (Wildman–Crippen LogP) is 2.03. The summed E-state index contributed by atoms with van der Waals surface area (Å²) in [5.41, 5.74) is 0. The molecule has 6 rings (SSSR count). The molecule has 6 nitrogen and oxygen atoms in total. The smallest absolute Gasteiger partial charge is 0.246 e. The summed E-state index contributed by atoms with van der Waals surface area (Å²) in [6.45, 7) is 5.65. The van der Waals surface area contributed by atoms with Crippen molar-refractivity contribution in [1.29, 1.82) is 0 Å². The summed E-state index contributed by atoms with van der Waals surface area (Å²) in [7, 11) is -3.40. The van der Waals surface area contributed by atoms with Crippen LogP contribution in [0.3, 0.4) is 0 Å². The number of rotatable bonds is 4. The lowest BCUT2D eigenvalue weighted by Gasteiger charge is -2.58.